The second-order valence-electron chi connectivity index (χ2n) is 6.29. The van der Waals surface area contributed by atoms with Gasteiger partial charge in [-0.3, -0.25) is 9.78 Å². The van der Waals surface area contributed by atoms with E-state index >= 15 is 0 Å². The van der Waals surface area contributed by atoms with E-state index in [1.54, 1.807) is 36.7 Å². The third-order valence-corrected chi connectivity index (χ3v) is 4.21. The van der Waals surface area contributed by atoms with Gasteiger partial charge in [0.15, 0.2) is 5.78 Å². The number of alkyl carbamates (subject to hydrolysis) is 1. The lowest BCUT2D eigenvalue weighted by atomic mass is 10.0. The second-order valence-corrected chi connectivity index (χ2v) is 6.29. The first-order chi connectivity index (χ1) is 13.6. The van der Waals surface area contributed by atoms with Gasteiger partial charge in [0.25, 0.3) is 0 Å². The number of para-hydroxylation sites is 1. The fourth-order valence-corrected chi connectivity index (χ4v) is 2.64. The summed E-state index contributed by atoms with van der Waals surface area (Å²) in [6, 6.07) is 18.1. The SMILES string of the molecule is Nc1ccccc1CC(=O)c1ccc(CNC(=O)OCc2cccnc2)cc1. The third kappa shape index (κ3) is 5.41. The molecule has 6 nitrogen and oxygen atoms in total. The molecule has 0 aliphatic carbocycles. The van der Waals surface area contributed by atoms with Crippen molar-refractivity contribution in [3.8, 4) is 0 Å². The van der Waals surface area contributed by atoms with Gasteiger partial charge in [0.1, 0.15) is 6.61 Å². The highest BCUT2D eigenvalue weighted by Gasteiger charge is 2.09. The summed E-state index contributed by atoms with van der Waals surface area (Å²) in [5.41, 5.74) is 9.61. The normalized spacial score (nSPS) is 10.3. The van der Waals surface area contributed by atoms with Crippen molar-refractivity contribution in [1.82, 2.24) is 10.3 Å². The van der Waals surface area contributed by atoms with Crippen molar-refractivity contribution >= 4 is 17.6 Å². The molecule has 0 radical (unpaired) electrons. The number of anilines is 1. The summed E-state index contributed by atoms with van der Waals surface area (Å²) in [5, 5.41) is 2.68. The lowest BCUT2D eigenvalue weighted by Crippen LogP contribution is -2.23. The number of nitrogens with one attached hydrogen (secondary N) is 1. The van der Waals surface area contributed by atoms with Gasteiger partial charge in [0.2, 0.25) is 0 Å². The van der Waals surface area contributed by atoms with Crippen molar-refractivity contribution in [2.45, 2.75) is 19.6 Å². The van der Waals surface area contributed by atoms with Crippen LogP contribution in [0.3, 0.4) is 0 Å². The molecule has 1 aromatic heterocycles. The van der Waals surface area contributed by atoms with Crippen LogP contribution in [0, 0.1) is 0 Å². The number of pyridine rings is 1. The molecule has 3 aromatic rings. The third-order valence-electron chi connectivity index (χ3n) is 4.21. The highest BCUT2D eigenvalue weighted by atomic mass is 16.5. The van der Waals surface area contributed by atoms with Crippen molar-refractivity contribution in [3.05, 3.63) is 95.3 Å². The van der Waals surface area contributed by atoms with Gasteiger partial charge in [-0.05, 0) is 23.3 Å². The van der Waals surface area contributed by atoms with Crippen LogP contribution in [0.4, 0.5) is 10.5 Å². The maximum Gasteiger partial charge on any atom is 0.407 e. The Labute approximate surface area is 163 Å². The molecule has 2 aromatic carbocycles. The average Bonchev–Trinajstić information content (AvgIpc) is 2.73. The van der Waals surface area contributed by atoms with Gasteiger partial charge in [-0.1, -0.05) is 48.5 Å². The van der Waals surface area contributed by atoms with E-state index in [0.29, 0.717) is 17.8 Å². The van der Waals surface area contributed by atoms with E-state index < -0.39 is 6.09 Å². The van der Waals surface area contributed by atoms with Gasteiger partial charge in [-0.15, -0.1) is 0 Å². The van der Waals surface area contributed by atoms with Crippen molar-refractivity contribution in [2.24, 2.45) is 0 Å². The van der Waals surface area contributed by atoms with Crippen LogP contribution in [0.25, 0.3) is 0 Å². The Morgan fingerprint density at radius 1 is 0.964 bits per heavy atom. The Hall–Kier alpha value is -3.67. The highest BCUT2D eigenvalue weighted by molar-refractivity contribution is 5.98. The number of hydrogen-bond acceptors (Lipinski definition) is 5. The number of carbonyl (C=O) groups is 2. The predicted molar refractivity (Wildman–Crippen MR) is 107 cm³/mol. The number of Topliss-reactive ketones (excluding diaryl/α,β-unsaturated/α-hetero) is 1. The van der Waals surface area contributed by atoms with E-state index in [0.717, 1.165) is 16.7 Å². The number of rotatable bonds is 7. The molecule has 0 atom stereocenters. The van der Waals surface area contributed by atoms with E-state index in [-0.39, 0.29) is 18.8 Å². The number of carbonyl (C=O) groups excluding carboxylic acids is 2. The number of amides is 1. The molecular formula is C22H21N3O3. The smallest absolute Gasteiger partial charge is 0.407 e. The Bertz CT molecular complexity index is 941. The lowest BCUT2D eigenvalue weighted by Gasteiger charge is -2.08. The highest BCUT2D eigenvalue weighted by Crippen LogP contribution is 2.15. The molecule has 142 valence electrons. The number of nitrogens with zero attached hydrogens (tertiary/aromatic N) is 1. The molecule has 0 aliphatic rings. The van der Waals surface area contributed by atoms with Crippen LogP contribution >= 0.6 is 0 Å². The van der Waals surface area contributed by atoms with Gasteiger partial charge < -0.3 is 15.8 Å². The van der Waals surface area contributed by atoms with Crippen molar-refractivity contribution < 1.29 is 14.3 Å². The molecule has 1 heterocycles. The van der Waals surface area contributed by atoms with Crippen LogP contribution in [0.5, 0.6) is 0 Å². The molecule has 0 fully saturated rings. The maximum atomic E-state index is 12.4. The molecule has 0 saturated heterocycles. The first-order valence-electron chi connectivity index (χ1n) is 8.87. The number of ether oxygens (including phenoxy) is 1. The molecule has 6 heteroatoms. The van der Waals surface area contributed by atoms with Gasteiger partial charge >= 0.3 is 6.09 Å². The molecule has 1 amide bonds. The molecular weight excluding hydrogens is 354 g/mol. The summed E-state index contributed by atoms with van der Waals surface area (Å²) in [4.78, 5) is 28.2. The first kappa shape index (κ1) is 19.1. The van der Waals surface area contributed by atoms with E-state index in [9.17, 15) is 9.59 Å². The minimum atomic E-state index is -0.511. The molecule has 0 spiro atoms. The lowest BCUT2D eigenvalue weighted by molar-refractivity contribution is 0.0993. The maximum absolute atomic E-state index is 12.4. The van der Waals surface area contributed by atoms with Crippen molar-refractivity contribution in [2.75, 3.05) is 5.73 Å². The van der Waals surface area contributed by atoms with Gasteiger partial charge in [-0.25, -0.2) is 4.79 Å². The van der Waals surface area contributed by atoms with Crippen molar-refractivity contribution in [1.29, 1.82) is 0 Å². The Morgan fingerprint density at radius 3 is 2.46 bits per heavy atom. The zero-order valence-corrected chi connectivity index (χ0v) is 15.3. The topological polar surface area (TPSA) is 94.3 Å². The summed E-state index contributed by atoms with van der Waals surface area (Å²) < 4.78 is 5.13. The molecule has 0 bridgehead atoms. The summed E-state index contributed by atoms with van der Waals surface area (Å²) >= 11 is 0. The fraction of sp³-hybridized carbons (Fsp3) is 0.136. The molecule has 3 N–H and O–H groups in total. The summed E-state index contributed by atoms with van der Waals surface area (Å²) in [6.07, 6.45) is 3.05. The summed E-state index contributed by atoms with van der Waals surface area (Å²) in [6.45, 7) is 0.474. The molecule has 3 rings (SSSR count). The second kappa shape index (κ2) is 9.32. The van der Waals surface area contributed by atoms with Gasteiger partial charge in [-0.2, -0.15) is 0 Å². The molecule has 0 saturated carbocycles. The predicted octanol–water partition coefficient (Wildman–Crippen LogP) is 3.52. The molecule has 28 heavy (non-hydrogen) atoms. The number of ketones is 1. The van der Waals surface area contributed by atoms with Crippen LogP contribution in [0.15, 0.2) is 73.1 Å². The van der Waals surface area contributed by atoms with E-state index in [2.05, 4.69) is 10.3 Å². The number of nitrogen functional groups attached to an aromatic ring is 1. The number of benzene rings is 2. The quantitative estimate of drug-likeness (QED) is 0.487. The standard InChI is InChI=1S/C22H21N3O3/c23-20-6-2-1-5-19(20)12-21(26)18-9-7-16(8-10-18)14-25-22(27)28-15-17-4-3-11-24-13-17/h1-11,13H,12,14-15,23H2,(H,25,27). The van der Waals surface area contributed by atoms with Crippen LogP contribution in [-0.2, 0) is 24.3 Å². The minimum absolute atomic E-state index is 0.00621. The van der Waals surface area contributed by atoms with E-state index in [1.165, 1.54) is 0 Å². The van der Waals surface area contributed by atoms with E-state index in [1.807, 2.05) is 36.4 Å². The zero-order valence-electron chi connectivity index (χ0n) is 15.3. The van der Waals surface area contributed by atoms with Crippen LogP contribution in [0.2, 0.25) is 0 Å². The number of hydrogen-bond donors (Lipinski definition) is 2. The minimum Gasteiger partial charge on any atom is -0.445 e. The Balaban J connectivity index is 1.48. The molecule has 0 unspecified atom stereocenters. The molecule has 0 aliphatic heterocycles. The monoisotopic (exact) mass is 375 g/mol. The number of nitrogens with two attached hydrogens (primary N) is 1. The Kier molecular flexibility index (Phi) is 6.36. The largest absolute Gasteiger partial charge is 0.445 e. The van der Waals surface area contributed by atoms with Gasteiger partial charge in [0.05, 0.1) is 0 Å². The fourth-order valence-electron chi connectivity index (χ4n) is 2.64. The van der Waals surface area contributed by atoms with Gasteiger partial charge in [0, 0.05) is 42.2 Å². The average molecular weight is 375 g/mol. The zero-order chi connectivity index (χ0) is 19.8. The van der Waals surface area contributed by atoms with E-state index in [4.69, 9.17) is 10.5 Å². The van der Waals surface area contributed by atoms with Crippen molar-refractivity contribution in [3.63, 3.8) is 0 Å². The summed E-state index contributed by atoms with van der Waals surface area (Å²) in [5.74, 6) is -0.00621. The van der Waals surface area contributed by atoms with Crippen LogP contribution < -0.4 is 11.1 Å². The van der Waals surface area contributed by atoms with Crippen LogP contribution in [-0.4, -0.2) is 16.9 Å². The summed E-state index contributed by atoms with van der Waals surface area (Å²) in [7, 11) is 0. The number of aromatic nitrogens is 1. The first-order valence-corrected chi connectivity index (χ1v) is 8.87. The van der Waals surface area contributed by atoms with Crippen LogP contribution in [0.1, 0.15) is 27.0 Å². The Morgan fingerprint density at radius 2 is 1.75 bits per heavy atom.